The average Bonchev–Trinajstić information content (AvgIpc) is 2.43. The van der Waals surface area contributed by atoms with Gasteiger partial charge in [-0.1, -0.05) is 40.9 Å². The summed E-state index contributed by atoms with van der Waals surface area (Å²) in [5.41, 5.74) is 0.640. The number of hydrogen-bond acceptors (Lipinski definition) is 2. The Morgan fingerprint density at radius 1 is 0.952 bits per heavy atom. The Morgan fingerprint density at radius 3 is 2.29 bits per heavy atom. The van der Waals surface area contributed by atoms with Crippen molar-refractivity contribution in [1.82, 2.24) is 4.72 Å². The minimum absolute atomic E-state index is 0.0220. The maximum Gasteiger partial charge on any atom is 0.240 e. The molecule has 0 amide bonds. The van der Waals surface area contributed by atoms with Crippen LogP contribution in [0.25, 0.3) is 0 Å². The highest BCUT2D eigenvalue weighted by molar-refractivity contribution is 7.89. The molecule has 3 nitrogen and oxygen atoms in total. The van der Waals surface area contributed by atoms with Crippen LogP contribution in [0, 0.1) is 5.82 Å². The van der Waals surface area contributed by atoms with Gasteiger partial charge in [0, 0.05) is 6.54 Å². The lowest BCUT2D eigenvalue weighted by molar-refractivity contribution is 0.580. The fourth-order valence-corrected chi connectivity index (χ4v) is 3.16. The fourth-order valence-electron chi connectivity index (χ4n) is 1.56. The third-order valence-corrected chi connectivity index (χ3v) is 5.08. The first-order valence-corrected chi connectivity index (χ1v) is 8.30. The minimum atomic E-state index is -3.80. The van der Waals surface area contributed by atoms with Gasteiger partial charge >= 0.3 is 0 Å². The molecule has 8 heteroatoms. The van der Waals surface area contributed by atoms with Gasteiger partial charge in [-0.3, -0.25) is 0 Å². The van der Waals surface area contributed by atoms with Crippen LogP contribution in [0.1, 0.15) is 5.56 Å². The molecular formula is C13H9Cl3FNO2S. The van der Waals surface area contributed by atoms with E-state index < -0.39 is 15.8 Å². The first-order chi connectivity index (χ1) is 9.79. The van der Waals surface area contributed by atoms with Gasteiger partial charge in [-0.2, -0.15) is 0 Å². The first-order valence-electron chi connectivity index (χ1n) is 5.68. The normalized spacial score (nSPS) is 11.6. The Hall–Kier alpha value is -0.850. The number of benzene rings is 2. The summed E-state index contributed by atoms with van der Waals surface area (Å²) in [5, 5.41) is 0.458. The van der Waals surface area contributed by atoms with E-state index in [0.29, 0.717) is 15.6 Å². The van der Waals surface area contributed by atoms with Gasteiger partial charge in [0.15, 0.2) is 0 Å². The van der Waals surface area contributed by atoms with Gasteiger partial charge in [-0.25, -0.2) is 17.5 Å². The highest BCUT2D eigenvalue weighted by Gasteiger charge is 2.15. The van der Waals surface area contributed by atoms with E-state index in [-0.39, 0.29) is 16.5 Å². The molecule has 0 fully saturated rings. The van der Waals surface area contributed by atoms with Crippen molar-refractivity contribution in [3.8, 4) is 0 Å². The molecule has 0 aromatic heterocycles. The zero-order valence-electron chi connectivity index (χ0n) is 10.4. The molecule has 0 aliphatic rings. The average molecular weight is 369 g/mol. The van der Waals surface area contributed by atoms with Crippen LogP contribution in [0.2, 0.25) is 15.1 Å². The van der Waals surface area contributed by atoms with Gasteiger partial charge in [-0.15, -0.1) is 0 Å². The van der Waals surface area contributed by atoms with E-state index in [1.165, 1.54) is 0 Å². The summed E-state index contributed by atoms with van der Waals surface area (Å²) in [6.45, 7) is 0.0220. The molecule has 2 aromatic rings. The third-order valence-electron chi connectivity index (χ3n) is 2.65. The number of sulfonamides is 1. The van der Waals surface area contributed by atoms with E-state index in [0.717, 1.165) is 18.2 Å². The number of rotatable bonds is 4. The summed E-state index contributed by atoms with van der Waals surface area (Å²) < 4.78 is 39.6. The van der Waals surface area contributed by atoms with Crippen LogP contribution in [-0.2, 0) is 16.6 Å². The van der Waals surface area contributed by atoms with E-state index in [1.807, 2.05) is 0 Å². The molecule has 112 valence electrons. The molecule has 0 radical (unpaired) electrons. The van der Waals surface area contributed by atoms with Crippen LogP contribution in [0.4, 0.5) is 4.39 Å². The monoisotopic (exact) mass is 367 g/mol. The maximum atomic E-state index is 13.0. The largest absolute Gasteiger partial charge is 0.240 e. The first kappa shape index (κ1) is 16.5. The van der Waals surface area contributed by atoms with Crippen molar-refractivity contribution in [2.24, 2.45) is 0 Å². The molecule has 0 atom stereocenters. The zero-order chi connectivity index (χ0) is 15.6. The lowest BCUT2D eigenvalue weighted by Gasteiger charge is -2.08. The highest BCUT2D eigenvalue weighted by atomic mass is 35.5. The third kappa shape index (κ3) is 4.08. The summed E-state index contributed by atoms with van der Waals surface area (Å²) in [6, 6.07) is 7.96. The number of hydrogen-bond donors (Lipinski definition) is 1. The second-order valence-corrected chi connectivity index (χ2v) is 7.14. The molecule has 0 aliphatic heterocycles. The van der Waals surface area contributed by atoms with Crippen molar-refractivity contribution in [3.63, 3.8) is 0 Å². The molecule has 0 heterocycles. The van der Waals surface area contributed by atoms with E-state index in [2.05, 4.69) is 4.72 Å². The van der Waals surface area contributed by atoms with Crippen LogP contribution < -0.4 is 4.72 Å². The van der Waals surface area contributed by atoms with Gasteiger partial charge < -0.3 is 0 Å². The summed E-state index contributed by atoms with van der Waals surface area (Å²) in [5.74, 6) is -0.680. The molecule has 0 saturated heterocycles. The van der Waals surface area contributed by atoms with Gasteiger partial charge in [0.05, 0.1) is 20.0 Å². The summed E-state index contributed by atoms with van der Waals surface area (Å²) >= 11 is 17.2. The lowest BCUT2D eigenvalue weighted by atomic mass is 10.2. The molecule has 2 aromatic carbocycles. The zero-order valence-corrected chi connectivity index (χ0v) is 13.5. The van der Waals surface area contributed by atoms with Crippen molar-refractivity contribution < 1.29 is 12.8 Å². The minimum Gasteiger partial charge on any atom is -0.207 e. The van der Waals surface area contributed by atoms with Gasteiger partial charge in [-0.05, 0) is 35.9 Å². The summed E-state index contributed by atoms with van der Waals surface area (Å²) in [4.78, 5) is -0.117. The second kappa shape index (κ2) is 6.50. The van der Waals surface area contributed by atoms with Crippen molar-refractivity contribution in [3.05, 3.63) is 62.8 Å². The number of nitrogens with one attached hydrogen (secondary N) is 1. The molecule has 0 spiro atoms. The van der Waals surface area contributed by atoms with E-state index >= 15 is 0 Å². The van der Waals surface area contributed by atoms with Gasteiger partial charge in [0.2, 0.25) is 10.0 Å². The summed E-state index contributed by atoms with van der Waals surface area (Å²) in [7, 11) is -3.80. The van der Waals surface area contributed by atoms with Gasteiger partial charge in [0.25, 0.3) is 0 Å². The highest BCUT2D eigenvalue weighted by Crippen LogP contribution is 2.23. The predicted octanol–water partition coefficient (Wildman–Crippen LogP) is 4.26. The standard InChI is InChI=1S/C13H9Cl3FNO2S/c14-10-3-1-8(5-11(10)15)7-18-21(19,20)9-2-4-13(17)12(16)6-9/h1-6,18H,7H2. The van der Waals surface area contributed by atoms with E-state index in [1.54, 1.807) is 18.2 Å². The Balaban J connectivity index is 2.17. The lowest BCUT2D eigenvalue weighted by Crippen LogP contribution is -2.23. The fraction of sp³-hybridized carbons (Fsp3) is 0.0769. The van der Waals surface area contributed by atoms with Crippen LogP contribution in [0.3, 0.4) is 0 Å². The second-order valence-electron chi connectivity index (χ2n) is 4.15. The molecule has 0 saturated carbocycles. The van der Waals surface area contributed by atoms with Crippen LogP contribution in [0.15, 0.2) is 41.3 Å². The van der Waals surface area contributed by atoms with Crippen LogP contribution in [0.5, 0.6) is 0 Å². The maximum absolute atomic E-state index is 13.0. The molecule has 1 N–H and O–H groups in total. The summed E-state index contributed by atoms with van der Waals surface area (Å²) in [6.07, 6.45) is 0. The quantitative estimate of drug-likeness (QED) is 0.876. The van der Waals surface area contributed by atoms with Crippen molar-refractivity contribution in [2.45, 2.75) is 11.4 Å². The molecule has 0 bridgehead atoms. The molecule has 2 rings (SSSR count). The predicted molar refractivity (Wildman–Crippen MR) is 81.9 cm³/mol. The van der Waals surface area contributed by atoms with Gasteiger partial charge in [0.1, 0.15) is 5.82 Å². The van der Waals surface area contributed by atoms with E-state index in [4.69, 9.17) is 34.8 Å². The Bertz CT molecular complexity index is 781. The number of halogens is 4. The van der Waals surface area contributed by atoms with Crippen molar-refractivity contribution in [1.29, 1.82) is 0 Å². The SMILES string of the molecule is O=S(=O)(NCc1ccc(Cl)c(Cl)c1)c1ccc(F)c(Cl)c1. The van der Waals surface area contributed by atoms with E-state index in [9.17, 15) is 12.8 Å². The topological polar surface area (TPSA) is 46.2 Å². The molecule has 21 heavy (non-hydrogen) atoms. The van der Waals surface area contributed by atoms with Crippen LogP contribution >= 0.6 is 34.8 Å². The smallest absolute Gasteiger partial charge is 0.207 e. The van der Waals surface area contributed by atoms with Crippen molar-refractivity contribution >= 4 is 44.8 Å². The van der Waals surface area contributed by atoms with Crippen molar-refractivity contribution in [2.75, 3.05) is 0 Å². The molecule has 0 unspecified atom stereocenters. The molecular weight excluding hydrogens is 360 g/mol. The Labute approximate surface area is 136 Å². The van der Waals surface area contributed by atoms with Crippen LogP contribution in [-0.4, -0.2) is 8.42 Å². The Kier molecular flexibility index (Phi) is 5.11. The Morgan fingerprint density at radius 2 is 1.67 bits per heavy atom. The molecule has 0 aliphatic carbocycles.